The summed E-state index contributed by atoms with van der Waals surface area (Å²) in [4.78, 5) is 0. The second-order valence-electron chi connectivity index (χ2n) is 4.13. The Morgan fingerprint density at radius 1 is 1.20 bits per heavy atom. The van der Waals surface area contributed by atoms with Crippen molar-refractivity contribution in [3.8, 4) is 11.5 Å². The van der Waals surface area contributed by atoms with Crippen LogP contribution in [-0.4, -0.2) is 5.11 Å². The minimum Gasteiger partial charge on any atom is -0.456 e. The van der Waals surface area contributed by atoms with Crippen molar-refractivity contribution >= 4 is 27.5 Å². The summed E-state index contributed by atoms with van der Waals surface area (Å²) in [7, 11) is 0. The molecule has 0 radical (unpaired) electrons. The van der Waals surface area contributed by atoms with Gasteiger partial charge in [-0.1, -0.05) is 17.7 Å². The zero-order valence-electron chi connectivity index (χ0n) is 10.3. The Hall–Kier alpha value is -1.17. The molecular weight excluding hydrogens is 354 g/mol. The maximum Gasteiger partial charge on any atom is 0.145 e. The molecular formula is C14H10BrClF2O2. The van der Waals surface area contributed by atoms with E-state index in [4.69, 9.17) is 16.3 Å². The number of ether oxygens (including phenoxy) is 1. The highest BCUT2D eigenvalue weighted by atomic mass is 79.9. The Balaban J connectivity index is 2.45. The number of hydrogen-bond donors (Lipinski definition) is 1. The number of benzene rings is 2. The number of aliphatic hydroxyl groups is 1. The maximum atomic E-state index is 13.7. The molecule has 0 saturated carbocycles. The molecule has 1 atom stereocenters. The van der Waals surface area contributed by atoms with Gasteiger partial charge in [0.05, 0.1) is 21.2 Å². The van der Waals surface area contributed by atoms with Crippen LogP contribution in [0.25, 0.3) is 0 Å². The third-order valence-electron chi connectivity index (χ3n) is 2.63. The summed E-state index contributed by atoms with van der Waals surface area (Å²) in [6, 6.07) is 6.57. The van der Waals surface area contributed by atoms with Crippen LogP contribution in [0.1, 0.15) is 18.6 Å². The average Bonchev–Trinajstić information content (AvgIpc) is 2.35. The van der Waals surface area contributed by atoms with E-state index in [-0.39, 0.29) is 22.1 Å². The van der Waals surface area contributed by atoms with E-state index in [2.05, 4.69) is 15.9 Å². The van der Waals surface area contributed by atoms with Crippen LogP contribution in [0.2, 0.25) is 5.02 Å². The minimum atomic E-state index is -1.05. The van der Waals surface area contributed by atoms with Crippen LogP contribution in [0.5, 0.6) is 11.5 Å². The molecule has 0 bridgehead atoms. The van der Waals surface area contributed by atoms with Crippen molar-refractivity contribution in [1.29, 1.82) is 0 Å². The first kappa shape index (κ1) is 15.2. The van der Waals surface area contributed by atoms with Crippen LogP contribution >= 0.6 is 27.5 Å². The summed E-state index contributed by atoms with van der Waals surface area (Å²) in [5.41, 5.74) is 0.00904. The second-order valence-corrected chi connectivity index (χ2v) is 5.39. The van der Waals surface area contributed by atoms with Gasteiger partial charge in [0.25, 0.3) is 0 Å². The third kappa shape index (κ3) is 3.11. The normalized spacial score (nSPS) is 12.3. The van der Waals surface area contributed by atoms with Gasteiger partial charge in [-0.15, -0.1) is 0 Å². The molecule has 106 valence electrons. The molecule has 0 spiro atoms. The summed E-state index contributed by atoms with van der Waals surface area (Å²) in [6.45, 7) is 1.42. The van der Waals surface area contributed by atoms with E-state index >= 15 is 0 Å². The SMILES string of the molecule is CC(O)c1c(F)cccc1Oc1cc(F)c(Cl)cc1Br. The van der Waals surface area contributed by atoms with Crippen LogP contribution in [0, 0.1) is 11.6 Å². The summed E-state index contributed by atoms with van der Waals surface area (Å²) >= 11 is 8.82. The van der Waals surface area contributed by atoms with Gasteiger partial charge in [0.2, 0.25) is 0 Å². The fourth-order valence-corrected chi connectivity index (χ4v) is 2.43. The standard InChI is InChI=1S/C14H10BrClF2O2/c1-7(19)14-10(17)3-2-4-12(14)20-13-6-11(18)9(16)5-8(13)15/h2-7,19H,1H3. The van der Waals surface area contributed by atoms with Gasteiger partial charge >= 0.3 is 0 Å². The summed E-state index contributed by atoms with van der Waals surface area (Å²) in [6.07, 6.45) is -1.05. The molecule has 0 aliphatic carbocycles. The van der Waals surface area contributed by atoms with Gasteiger partial charge in [-0.2, -0.15) is 0 Å². The van der Waals surface area contributed by atoms with Crippen LogP contribution in [0.4, 0.5) is 8.78 Å². The first-order valence-electron chi connectivity index (χ1n) is 5.69. The van der Waals surface area contributed by atoms with Gasteiger partial charge < -0.3 is 9.84 Å². The lowest BCUT2D eigenvalue weighted by molar-refractivity contribution is 0.190. The van der Waals surface area contributed by atoms with Crippen molar-refractivity contribution in [2.45, 2.75) is 13.0 Å². The van der Waals surface area contributed by atoms with E-state index in [9.17, 15) is 13.9 Å². The number of hydrogen-bond acceptors (Lipinski definition) is 2. The predicted molar refractivity (Wildman–Crippen MR) is 76.2 cm³/mol. The lowest BCUT2D eigenvalue weighted by Gasteiger charge is -2.15. The lowest BCUT2D eigenvalue weighted by Crippen LogP contribution is -2.00. The molecule has 0 amide bonds. The van der Waals surface area contributed by atoms with Crippen LogP contribution in [0.3, 0.4) is 0 Å². The smallest absolute Gasteiger partial charge is 0.145 e. The summed E-state index contributed by atoms with van der Waals surface area (Å²) in [5, 5.41) is 9.55. The van der Waals surface area contributed by atoms with Gasteiger partial charge in [-0.05, 0) is 41.1 Å². The Labute approximate surface area is 128 Å². The van der Waals surface area contributed by atoms with Crippen molar-refractivity contribution in [3.63, 3.8) is 0 Å². The van der Waals surface area contributed by atoms with Gasteiger partial charge in [0.15, 0.2) is 0 Å². The molecule has 0 aromatic heterocycles. The van der Waals surface area contributed by atoms with Crippen LogP contribution in [0.15, 0.2) is 34.8 Å². The average molecular weight is 364 g/mol. The fourth-order valence-electron chi connectivity index (χ4n) is 1.71. The van der Waals surface area contributed by atoms with Gasteiger partial charge in [0.1, 0.15) is 23.1 Å². The van der Waals surface area contributed by atoms with Crippen molar-refractivity contribution in [2.24, 2.45) is 0 Å². The fraction of sp³-hybridized carbons (Fsp3) is 0.143. The van der Waals surface area contributed by atoms with E-state index in [1.807, 2.05) is 0 Å². The highest BCUT2D eigenvalue weighted by molar-refractivity contribution is 9.10. The second kappa shape index (κ2) is 6.08. The molecule has 0 fully saturated rings. The molecule has 0 aliphatic rings. The zero-order chi connectivity index (χ0) is 14.9. The molecule has 2 aromatic carbocycles. The van der Waals surface area contributed by atoms with Gasteiger partial charge in [0, 0.05) is 6.07 Å². The number of aliphatic hydroxyl groups excluding tert-OH is 1. The number of halogens is 4. The zero-order valence-corrected chi connectivity index (χ0v) is 12.7. The topological polar surface area (TPSA) is 29.5 Å². The van der Waals surface area contributed by atoms with E-state index in [1.54, 1.807) is 0 Å². The quantitative estimate of drug-likeness (QED) is 0.757. The minimum absolute atomic E-state index is 0.00904. The van der Waals surface area contributed by atoms with Crippen LogP contribution in [-0.2, 0) is 0 Å². The first-order chi connectivity index (χ1) is 9.40. The van der Waals surface area contributed by atoms with Gasteiger partial charge in [-0.3, -0.25) is 0 Å². The highest BCUT2D eigenvalue weighted by Gasteiger charge is 2.17. The van der Waals surface area contributed by atoms with Crippen molar-refractivity contribution in [2.75, 3.05) is 0 Å². The molecule has 1 unspecified atom stereocenters. The molecule has 0 heterocycles. The summed E-state index contributed by atoms with van der Waals surface area (Å²) < 4.78 is 33.0. The molecule has 2 rings (SSSR count). The highest BCUT2D eigenvalue weighted by Crippen LogP contribution is 2.37. The van der Waals surface area contributed by atoms with E-state index in [0.717, 1.165) is 6.07 Å². The van der Waals surface area contributed by atoms with Crippen LogP contribution < -0.4 is 4.74 Å². The van der Waals surface area contributed by atoms with Crippen molar-refractivity contribution < 1.29 is 18.6 Å². The predicted octanol–water partition coefficient (Wildman–Crippen LogP) is 5.23. The Morgan fingerprint density at radius 3 is 2.55 bits per heavy atom. The largest absolute Gasteiger partial charge is 0.456 e. The molecule has 2 nitrogen and oxygen atoms in total. The number of rotatable bonds is 3. The molecule has 20 heavy (non-hydrogen) atoms. The first-order valence-corrected chi connectivity index (χ1v) is 6.86. The monoisotopic (exact) mass is 362 g/mol. The Kier molecular flexibility index (Phi) is 4.62. The molecule has 2 aromatic rings. The Morgan fingerprint density at radius 2 is 1.90 bits per heavy atom. The van der Waals surface area contributed by atoms with E-state index in [0.29, 0.717) is 4.47 Å². The van der Waals surface area contributed by atoms with Gasteiger partial charge in [-0.25, -0.2) is 8.78 Å². The summed E-state index contributed by atoms with van der Waals surface area (Å²) in [5.74, 6) is -0.996. The Bertz CT molecular complexity index is 647. The van der Waals surface area contributed by atoms with E-state index in [1.165, 1.54) is 31.2 Å². The molecule has 6 heteroatoms. The lowest BCUT2D eigenvalue weighted by atomic mass is 10.1. The third-order valence-corrected chi connectivity index (χ3v) is 3.53. The van der Waals surface area contributed by atoms with E-state index < -0.39 is 17.7 Å². The molecule has 0 saturated heterocycles. The van der Waals surface area contributed by atoms with Crippen molar-refractivity contribution in [1.82, 2.24) is 0 Å². The molecule has 1 N–H and O–H groups in total. The molecule has 0 aliphatic heterocycles. The maximum absolute atomic E-state index is 13.7. The van der Waals surface area contributed by atoms with Crippen molar-refractivity contribution in [3.05, 3.63) is 57.0 Å².